The van der Waals surface area contributed by atoms with Crippen molar-refractivity contribution in [1.82, 2.24) is 0 Å². The number of nitrogens with zero attached hydrogens (tertiary/aromatic N) is 1. The maximum Gasteiger partial charge on any atom is 0.0848 e. The zero-order valence-corrected chi connectivity index (χ0v) is 11.4. The molecule has 1 aliphatic carbocycles. The van der Waals surface area contributed by atoms with Gasteiger partial charge in [0.2, 0.25) is 0 Å². The molecule has 2 atom stereocenters. The Hall–Kier alpha value is -0.710. The van der Waals surface area contributed by atoms with Crippen LogP contribution in [0.5, 0.6) is 0 Å². The van der Waals surface area contributed by atoms with Gasteiger partial charge in [-0.2, -0.15) is 5.26 Å². The largest absolute Gasteiger partial charge is 0.197 e. The quantitative estimate of drug-likeness (QED) is 0.705. The van der Waals surface area contributed by atoms with Gasteiger partial charge in [-0.1, -0.05) is 49.0 Å². The molecule has 90 valence electrons. The zero-order valence-electron chi connectivity index (χ0n) is 9.84. The molecule has 0 spiro atoms. The van der Waals surface area contributed by atoms with Gasteiger partial charge < -0.3 is 0 Å². The molecule has 0 bridgehead atoms. The van der Waals surface area contributed by atoms with Gasteiger partial charge in [0, 0.05) is 0 Å². The summed E-state index contributed by atoms with van der Waals surface area (Å²) in [4.78, 5) is 0. The van der Waals surface area contributed by atoms with Crippen molar-refractivity contribution >= 4 is 23.2 Å². The van der Waals surface area contributed by atoms with Crippen LogP contribution >= 0.6 is 23.2 Å². The Balaban J connectivity index is 2.47. The van der Waals surface area contributed by atoms with Crippen LogP contribution in [0.15, 0.2) is 18.2 Å². The van der Waals surface area contributed by atoms with Crippen molar-refractivity contribution in [2.24, 2.45) is 5.92 Å². The summed E-state index contributed by atoms with van der Waals surface area (Å²) in [6.45, 7) is 2.16. The van der Waals surface area contributed by atoms with Gasteiger partial charge in [-0.05, 0) is 36.5 Å². The lowest BCUT2D eigenvalue weighted by atomic mass is 9.64. The molecular formula is C14H15Cl2N. The van der Waals surface area contributed by atoms with Crippen molar-refractivity contribution < 1.29 is 0 Å². The Bertz CT molecular complexity index is 464. The lowest BCUT2D eigenvalue weighted by Gasteiger charge is -2.37. The fourth-order valence-electron chi connectivity index (χ4n) is 2.78. The molecule has 0 radical (unpaired) electrons. The summed E-state index contributed by atoms with van der Waals surface area (Å²) in [6, 6.07) is 8.12. The normalized spacial score (nSPS) is 28.7. The minimum atomic E-state index is -0.382. The molecule has 1 saturated carbocycles. The first-order valence-electron chi connectivity index (χ1n) is 5.97. The minimum Gasteiger partial charge on any atom is -0.197 e. The third-order valence-electron chi connectivity index (χ3n) is 3.93. The molecule has 1 aromatic rings. The van der Waals surface area contributed by atoms with Crippen LogP contribution in [0, 0.1) is 17.2 Å². The predicted octanol–water partition coefficient (Wildman–Crippen LogP) is 4.96. The van der Waals surface area contributed by atoms with Crippen LogP contribution in [0.25, 0.3) is 0 Å². The molecule has 1 aliphatic rings. The lowest BCUT2D eigenvalue weighted by molar-refractivity contribution is 0.261. The van der Waals surface area contributed by atoms with Crippen LogP contribution in [0.1, 0.15) is 38.2 Å². The summed E-state index contributed by atoms with van der Waals surface area (Å²) < 4.78 is 0. The molecule has 0 N–H and O–H groups in total. The van der Waals surface area contributed by atoms with E-state index in [1.54, 1.807) is 6.07 Å². The summed E-state index contributed by atoms with van der Waals surface area (Å²) in [5, 5.41) is 10.7. The Morgan fingerprint density at radius 3 is 2.65 bits per heavy atom. The first-order valence-corrected chi connectivity index (χ1v) is 6.72. The molecular weight excluding hydrogens is 253 g/mol. The summed E-state index contributed by atoms with van der Waals surface area (Å²) in [5.74, 6) is 0.374. The third-order valence-corrected chi connectivity index (χ3v) is 4.67. The van der Waals surface area contributed by atoms with Gasteiger partial charge in [0.25, 0.3) is 0 Å². The Labute approximate surface area is 112 Å². The van der Waals surface area contributed by atoms with Gasteiger partial charge >= 0.3 is 0 Å². The number of hydrogen-bond donors (Lipinski definition) is 0. The van der Waals surface area contributed by atoms with Crippen LogP contribution in [-0.2, 0) is 5.41 Å². The first kappa shape index (κ1) is 12.7. The van der Waals surface area contributed by atoms with Crippen LogP contribution in [-0.4, -0.2) is 0 Å². The molecule has 0 aromatic heterocycles. The molecule has 1 aromatic carbocycles. The predicted molar refractivity (Wildman–Crippen MR) is 71.4 cm³/mol. The fraction of sp³-hybridized carbons (Fsp3) is 0.500. The second kappa shape index (κ2) is 4.88. The van der Waals surface area contributed by atoms with E-state index in [2.05, 4.69) is 13.0 Å². The summed E-state index contributed by atoms with van der Waals surface area (Å²) >= 11 is 12.0. The van der Waals surface area contributed by atoms with Gasteiger partial charge in [-0.25, -0.2) is 0 Å². The molecule has 2 unspecified atom stereocenters. The van der Waals surface area contributed by atoms with Crippen LogP contribution in [0.3, 0.4) is 0 Å². The fourth-order valence-corrected chi connectivity index (χ4v) is 3.08. The number of halogens is 2. The molecule has 0 amide bonds. The molecule has 2 rings (SSSR count). The van der Waals surface area contributed by atoms with Gasteiger partial charge in [0.05, 0.1) is 21.5 Å². The van der Waals surface area contributed by atoms with Crippen molar-refractivity contribution in [3.63, 3.8) is 0 Å². The third kappa shape index (κ3) is 2.17. The maximum atomic E-state index is 9.60. The van der Waals surface area contributed by atoms with Crippen LogP contribution < -0.4 is 0 Å². The smallest absolute Gasteiger partial charge is 0.0848 e. The second-order valence-electron chi connectivity index (χ2n) is 4.86. The van der Waals surface area contributed by atoms with E-state index >= 15 is 0 Å². The average Bonchev–Trinajstić information content (AvgIpc) is 2.34. The Morgan fingerprint density at radius 1 is 1.29 bits per heavy atom. The molecule has 17 heavy (non-hydrogen) atoms. The SMILES string of the molecule is CC1CCCCC1(C#N)c1ccc(Cl)c(Cl)c1. The van der Waals surface area contributed by atoms with E-state index < -0.39 is 0 Å². The van der Waals surface area contributed by atoms with E-state index in [-0.39, 0.29) is 5.41 Å². The number of hydrogen-bond acceptors (Lipinski definition) is 1. The highest BCUT2D eigenvalue weighted by atomic mass is 35.5. The van der Waals surface area contributed by atoms with E-state index in [0.717, 1.165) is 24.8 Å². The maximum absolute atomic E-state index is 9.60. The van der Waals surface area contributed by atoms with Crippen molar-refractivity contribution in [3.05, 3.63) is 33.8 Å². The number of nitriles is 1. The second-order valence-corrected chi connectivity index (χ2v) is 5.67. The topological polar surface area (TPSA) is 23.8 Å². The zero-order chi connectivity index (χ0) is 12.5. The molecule has 1 nitrogen and oxygen atoms in total. The average molecular weight is 268 g/mol. The van der Waals surface area contributed by atoms with E-state index in [1.807, 2.05) is 12.1 Å². The van der Waals surface area contributed by atoms with E-state index in [0.29, 0.717) is 16.0 Å². The van der Waals surface area contributed by atoms with Crippen molar-refractivity contribution in [3.8, 4) is 6.07 Å². The lowest BCUT2D eigenvalue weighted by Crippen LogP contribution is -2.35. The summed E-state index contributed by atoms with van der Waals surface area (Å²) in [6.07, 6.45) is 4.35. The molecule has 3 heteroatoms. The molecule has 0 aliphatic heterocycles. The Kier molecular flexibility index (Phi) is 3.66. The Morgan fingerprint density at radius 2 is 2.06 bits per heavy atom. The molecule has 0 saturated heterocycles. The van der Waals surface area contributed by atoms with Gasteiger partial charge in [-0.3, -0.25) is 0 Å². The van der Waals surface area contributed by atoms with Gasteiger partial charge in [-0.15, -0.1) is 0 Å². The number of rotatable bonds is 1. The van der Waals surface area contributed by atoms with E-state index in [1.165, 1.54) is 6.42 Å². The number of benzene rings is 1. The van der Waals surface area contributed by atoms with Crippen molar-refractivity contribution in [1.29, 1.82) is 5.26 Å². The monoisotopic (exact) mass is 267 g/mol. The highest BCUT2D eigenvalue weighted by Gasteiger charge is 2.40. The van der Waals surface area contributed by atoms with E-state index in [4.69, 9.17) is 23.2 Å². The van der Waals surface area contributed by atoms with Crippen molar-refractivity contribution in [2.75, 3.05) is 0 Å². The summed E-state index contributed by atoms with van der Waals surface area (Å²) in [5.41, 5.74) is 0.633. The molecule has 0 heterocycles. The van der Waals surface area contributed by atoms with Crippen LogP contribution in [0.2, 0.25) is 10.0 Å². The van der Waals surface area contributed by atoms with E-state index in [9.17, 15) is 5.26 Å². The summed E-state index contributed by atoms with van der Waals surface area (Å²) in [7, 11) is 0. The van der Waals surface area contributed by atoms with Gasteiger partial charge in [0.1, 0.15) is 0 Å². The minimum absolute atomic E-state index is 0.374. The van der Waals surface area contributed by atoms with Crippen LogP contribution in [0.4, 0.5) is 0 Å². The first-order chi connectivity index (χ1) is 8.10. The standard InChI is InChI=1S/C14H15Cl2N/c1-10-4-2-3-7-14(10,9-17)11-5-6-12(15)13(16)8-11/h5-6,8,10H,2-4,7H2,1H3. The highest BCUT2D eigenvalue weighted by molar-refractivity contribution is 6.42. The van der Waals surface area contributed by atoms with Crippen molar-refractivity contribution in [2.45, 2.75) is 38.0 Å². The highest BCUT2D eigenvalue weighted by Crippen LogP contribution is 2.44. The molecule has 1 fully saturated rings. The van der Waals surface area contributed by atoms with Gasteiger partial charge in [0.15, 0.2) is 0 Å².